The predicted octanol–water partition coefficient (Wildman–Crippen LogP) is 2.76. The van der Waals surface area contributed by atoms with Crippen molar-refractivity contribution in [2.24, 2.45) is 11.3 Å². The minimum atomic E-state index is 0.336. The lowest BCUT2D eigenvalue weighted by atomic mass is 9.83. The molecule has 1 fully saturated rings. The Bertz CT molecular complexity index is 248. The minimum Gasteiger partial charge on any atom is -0.385 e. The molecule has 1 heterocycles. The highest BCUT2D eigenvalue weighted by atomic mass is 16.5. The van der Waals surface area contributed by atoms with E-state index in [4.69, 9.17) is 4.74 Å². The predicted molar refractivity (Wildman–Crippen MR) is 82.6 cm³/mol. The van der Waals surface area contributed by atoms with Gasteiger partial charge in [-0.1, -0.05) is 34.6 Å². The van der Waals surface area contributed by atoms with Crippen LogP contribution in [0.1, 0.15) is 47.5 Å². The van der Waals surface area contributed by atoms with E-state index >= 15 is 0 Å². The third-order valence-electron chi connectivity index (χ3n) is 4.04. The average Bonchev–Trinajstić information content (AvgIpc) is 2.27. The molecule has 114 valence electrons. The molecule has 0 aromatic carbocycles. The molecule has 1 aliphatic heterocycles. The third kappa shape index (κ3) is 5.80. The number of hydrogen-bond acceptors (Lipinski definition) is 3. The molecule has 1 saturated heterocycles. The smallest absolute Gasteiger partial charge is 0.0474 e. The molecule has 3 heteroatoms. The average molecular weight is 270 g/mol. The Hall–Kier alpha value is -0.120. The largest absolute Gasteiger partial charge is 0.385 e. The summed E-state index contributed by atoms with van der Waals surface area (Å²) in [5.41, 5.74) is 0.336. The maximum absolute atomic E-state index is 5.20. The highest BCUT2D eigenvalue weighted by molar-refractivity contribution is 4.92. The van der Waals surface area contributed by atoms with Crippen LogP contribution in [0.2, 0.25) is 0 Å². The van der Waals surface area contributed by atoms with Gasteiger partial charge in [-0.15, -0.1) is 0 Å². The van der Waals surface area contributed by atoms with Crippen LogP contribution in [-0.2, 0) is 4.74 Å². The molecule has 0 aliphatic carbocycles. The van der Waals surface area contributed by atoms with E-state index in [1.165, 1.54) is 13.0 Å². The second kappa shape index (κ2) is 7.61. The lowest BCUT2D eigenvalue weighted by Gasteiger charge is -2.47. The van der Waals surface area contributed by atoms with Crippen LogP contribution in [0.5, 0.6) is 0 Å². The summed E-state index contributed by atoms with van der Waals surface area (Å²) in [7, 11) is 1.79. The summed E-state index contributed by atoms with van der Waals surface area (Å²) in [5.74, 6) is 0.768. The summed E-state index contributed by atoms with van der Waals surface area (Å²) in [6.07, 6.45) is 2.41. The molecule has 0 aromatic heterocycles. The first-order valence-electron chi connectivity index (χ1n) is 7.81. The number of nitrogens with one attached hydrogen (secondary N) is 1. The van der Waals surface area contributed by atoms with Gasteiger partial charge in [-0.3, -0.25) is 4.90 Å². The van der Waals surface area contributed by atoms with Crippen molar-refractivity contribution >= 4 is 0 Å². The van der Waals surface area contributed by atoms with Gasteiger partial charge in [0.1, 0.15) is 0 Å². The molecule has 0 amide bonds. The van der Waals surface area contributed by atoms with Crippen LogP contribution in [0.3, 0.4) is 0 Å². The summed E-state index contributed by atoms with van der Waals surface area (Å²) >= 11 is 0. The molecule has 0 saturated carbocycles. The maximum Gasteiger partial charge on any atom is 0.0474 e. The molecule has 1 N–H and O–H groups in total. The number of rotatable bonds is 6. The highest BCUT2D eigenvalue weighted by Crippen LogP contribution is 2.27. The van der Waals surface area contributed by atoms with E-state index in [2.05, 4.69) is 44.8 Å². The van der Waals surface area contributed by atoms with Crippen LogP contribution in [0, 0.1) is 11.3 Å². The van der Waals surface area contributed by atoms with Crippen LogP contribution in [0.15, 0.2) is 0 Å². The van der Waals surface area contributed by atoms with Gasteiger partial charge in [0, 0.05) is 45.4 Å². The Labute approximate surface area is 120 Å². The van der Waals surface area contributed by atoms with E-state index in [-0.39, 0.29) is 0 Å². The lowest BCUT2D eigenvalue weighted by Crippen LogP contribution is -2.60. The van der Waals surface area contributed by atoms with Gasteiger partial charge in [-0.25, -0.2) is 0 Å². The Morgan fingerprint density at radius 3 is 2.53 bits per heavy atom. The Balaban J connectivity index is 2.58. The van der Waals surface area contributed by atoms with E-state index in [9.17, 15) is 0 Å². The number of hydrogen-bond donors (Lipinski definition) is 1. The molecule has 19 heavy (non-hydrogen) atoms. The fourth-order valence-electron chi connectivity index (χ4n) is 3.12. The molecule has 2 atom stereocenters. The Morgan fingerprint density at radius 2 is 2.00 bits per heavy atom. The molecule has 0 bridgehead atoms. The number of nitrogens with zero attached hydrogens (tertiary/aromatic N) is 1. The van der Waals surface area contributed by atoms with Gasteiger partial charge in [0.2, 0.25) is 0 Å². The van der Waals surface area contributed by atoms with E-state index < -0.39 is 0 Å². The van der Waals surface area contributed by atoms with Crippen molar-refractivity contribution in [2.45, 2.75) is 59.5 Å². The van der Waals surface area contributed by atoms with Crippen LogP contribution in [0.4, 0.5) is 0 Å². The first kappa shape index (κ1) is 16.9. The zero-order valence-corrected chi connectivity index (χ0v) is 13.8. The summed E-state index contributed by atoms with van der Waals surface area (Å²) in [5, 5.41) is 3.75. The first-order valence-corrected chi connectivity index (χ1v) is 7.81. The Morgan fingerprint density at radius 1 is 1.32 bits per heavy atom. The molecule has 1 aliphatic rings. The fourth-order valence-corrected chi connectivity index (χ4v) is 3.12. The molecule has 0 radical (unpaired) electrons. The third-order valence-corrected chi connectivity index (χ3v) is 4.04. The summed E-state index contributed by atoms with van der Waals surface area (Å²) in [4.78, 5) is 2.68. The van der Waals surface area contributed by atoms with Gasteiger partial charge in [0.25, 0.3) is 0 Å². The van der Waals surface area contributed by atoms with Crippen molar-refractivity contribution in [1.29, 1.82) is 0 Å². The molecule has 2 unspecified atom stereocenters. The highest BCUT2D eigenvalue weighted by Gasteiger charge is 2.35. The summed E-state index contributed by atoms with van der Waals surface area (Å²) < 4.78 is 5.20. The van der Waals surface area contributed by atoms with Gasteiger partial charge in [-0.05, 0) is 24.2 Å². The second-order valence-corrected chi connectivity index (χ2v) is 7.46. The van der Waals surface area contributed by atoms with Gasteiger partial charge in [0.15, 0.2) is 0 Å². The van der Waals surface area contributed by atoms with Crippen LogP contribution in [0.25, 0.3) is 0 Å². The van der Waals surface area contributed by atoms with E-state index in [1.807, 2.05) is 0 Å². The fraction of sp³-hybridized carbons (Fsp3) is 1.00. The first-order chi connectivity index (χ1) is 8.84. The molecule has 0 aromatic rings. The van der Waals surface area contributed by atoms with Crippen molar-refractivity contribution in [2.75, 3.05) is 33.4 Å². The summed E-state index contributed by atoms with van der Waals surface area (Å²) in [6, 6.07) is 1.29. The SMILES string of the molecule is COCCCN1CC(CC(C)C)NCC1C(C)(C)C. The van der Waals surface area contributed by atoms with Gasteiger partial charge < -0.3 is 10.1 Å². The number of methoxy groups -OCH3 is 1. The van der Waals surface area contributed by atoms with E-state index in [0.717, 1.165) is 32.0 Å². The minimum absolute atomic E-state index is 0.336. The van der Waals surface area contributed by atoms with Gasteiger partial charge in [0.05, 0.1) is 0 Å². The van der Waals surface area contributed by atoms with Crippen molar-refractivity contribution in [3.05, 3.63) is 0 Å². The molecular weight excluding hydrogens is 236 g/mol. The molecule has 0 spiro atoms. The van der Waals surface area contributed by atoms with Gasteiger partial charge >= 0.3 is 0 Å². The zero-order valence-electron chi connectivity index (χ0n) is 13.8. The normalized spacial score (nSPS) is 26.1. The van der Waals surface area contributed by atoms with Crippen LogP contribution in [-0.4, -0.2) is 50.3 Å². The van der Waals surface area contributed by atoms with Crippen molar-refractivity contribution in [1.82, 2.24) is 10.2 Å². The van der Waals surface area contributed by atoms with E-state index in [1.54, 1.807) is 7.11 Å². The number of piperazine rings is 1. The van der Waals surface area contributed by atoms with Crippen LogP contribution < -0.4 is 5.32 Å². The molecular formula is C16H34N2O. The second-order valence-electron chi connectivity index (χ2n) is 7.46. The molecule has 3 nitrogen and oxygen atoms in total. The standard InChI is InChI=1S/C16H34N2O/c1-13(2)10-14-12-18(8-7-9-19-6)15(11-17-14)16(3,4)5/h13-15,17H,7-12H2,1-6H3. The maximum atomic E-state index is 5.20. The van der Waals surface area contributed by atoms with Gasteiger partial charge in [-0.2, -0.15) is 0 Å². The lowest BCUT2D eigenvalue weighted by molar-refractivity contribution is 0.0442. The summed E-state index contributed by atoms with van der Waals surface area (Å²) in [6.45, 7) is 16.0. The molecule has 1 rings (SSSR count). The van der Waals surface area contributed by atoms with Crippen LogP contribution >= 0.6 is 0 Å². The quantitative estimate of drug-likeness (QED) is 0.751. The topological polar surface area (TPSA) is 24.5 Å². The monoisotopic (exact) mass is 270 g/mol. The van der Waals surface area contributed by atoms with Crippen molar-refractivity contribution < 1.29 is 4.74 Å². The van der Waals surface area contributed by atoms with Crippen molar-refractivity contribution in [3.8, 4) is 0 Å². The zero-order chi connectivity index (χ0) is 14.5. The Kier molecular flexibility index (Phi) is 6.78. The van der Waals surface area contributed by atoms with E-state index in [0.29, 0.717) is 17.5 Å². The van der Waals surface area contributed by atoms with Crippen molar-refractivity contribution in [3.63, 3.8) is 0 Å². The number of ether oxygens (including phenoxy) is 1.